The average molecular weight is 390 g/mol. The third kappa shape index (κ3) is 4.24. The van der Waals surface area contributed by atoms with Crippen LogP contribution in [-0.4, -0.2) is 55.6 Å². The maximum atomic E-state index is 11.7. The number of piperidine rings is 1. The molecule has 4 rings (SSSR count). The van der Waals surface area contributed by atoms with Crippen LogP contribution in [0, 0.1) is 0 Å². The van der Waals surface area contributed by atoms with E-state index < -0.39 is 10.0 Å². The molecule has 0 radical (unpaired) electrons. The van der Waals surface area contributed by atoms with Gasteiger partial charge in [-0.1, -0.05) is 12.1 Å². The zero-order valence-corrected chi connectivity index (χ0v) is 16.3. The van der Waals surface area contributed by atoms with E-state index in [2.05, 4.69) is 21.0 Å². The number of rotatable bonds is 6. The lowest BCUT2D eigenvalue weighted by atomic mass is 9.97. The fraction of sp³-hybridized carbons (Fsp3) is 0.526. The van der Waals surface area contributed by atoms with Crippen LogP contribution >= 0.6 is 0 Å². The van der Waals surface area contributed by atoms with Gasteiger partial charge in [-0.3, -0.25) is 0 Å². The van der Waals surface area contributed by atoms with Crippen LogP contribution in [0.5, 0.6) is 0 Å². The van der Waals surface area contributed by atoms with Crippen molar-refractivity contribution < 1.29 is 8.42 Å². The van der Waals surface area contributed by atoms with Crippen LogP contribution in [0.15, 0.2) is 35.4 Å². The van der Waals surface area contributed by atoms with E-state index >= 15 is 0 Å². The fourth-order valence-electron chi connectivity index (χ4n) is 3.84. The SMILES string of the molecule is NS(=O)(=O)c1cccc(-c2cn(CCN3CCC3)c(C3CCNCC3)n2)c1. The molecule has 0 aliphatic carbocycles. The molecule has 1 aromatic carbocycles. The summed E-state index contributed by atoms with van der Waals surface area (Å²) in [5.41, 5.74) is 1.61. The standard InChI is InChI=1S/C19H27N5O2S/c20-27(25,26)17-4-1-3-16(13-17)18-14-24(12-11-23-9-2-10-23)19(22-18)15-5-7-21-8-6-15/h1,3-4,13-15,21H,2,5-12H2,(H2,20,25,26). The summed E-state index contributed by atoms with van der Waals surface area (Å²) in [5, 5.41) is 8.70. The number of nitrogens with one attached hydrogen (secondary N) is 1. The molecule has 0 atom stereocenters. The summed E-state index contributed by atoms with van der Waals surface area (Å²) in [4.78, 5) is 7.51. The molecule has 27 heavy (non-hydrogen) atoms. The summed E-state index contributed by atoms with van der Waals surface area (Å²) in [7, 11) is -3.72. The molecule has 2 aromatic rings. The average Bonchev–Trinajstić information content (AvgIpc) is 3.05. The van der Waals surface area contributed by atoms with Crippen LogP contribution < -0.4 is 10.5 Å². The Labute approximate surface area is 160 Å². The number of likely N-dealkylation sites (tertiary alicyclic amines) is 1. The van der Waals surface area contributed by atoms with Gasteiger partial charge in [-0.15, -0.1) is 0 Å². The molecule has 0 spiro atoms. The first-order valence-electron chi connectivity index (χ1n) is 9.64. The summed E-state index contributed by atoms with van der Waals surface area (Å²) in [5.74, 6) is 1.56. The minimum Gasteiger partial charge on any atom is -0.333 e. The van der Waals surface area contributed by atoms with E-state index in [0.29, 0.717) is 5.92 Å². The van der Waals surface area contributed by atoms with Crippen molar-refractivity contribution in [2.75, 3.05) is 32.7 Å². The van der Waals surface area contributed by atoms with Crippen LogP contribution in [0.25, 0.3) is 11.3 Å². The second kappa shape index (κ2) is 7.71. The van der Waals surface area contributed by atoms with Crippen molar-refractivity contribution in [1.29, 1.82) is 0 Å². The molecular weight excluding hydrogens is 362 g/mol. The number of hydrogen-bond acceptors (Lipinski definition) is 5. The quantitative estimate of drug-likeness (QED) is 0.778. The van der Waals surface area contributed by atoms with Gasteiger partial charge in [-0.05, 0) is 57.6 Å². The first kappa shape index (κ1) is 18.6. The van der Waals surface area contributed by atoms with Crippen LogP contribution in [0.4, 0.5) is 0 Å². The van der Waals surface area contributed by atoms with E-state index in [4.69, 9.17) is 10.1 Å². The minimum atomic E-state index is -3.72. The number of benzene rings is 1. The highest BCUT2D eigenvalue weighted by Gasteiger charge is 2.23. The second-order valence-corrected chi connectivity index (χ2v) is 9.03. The normalized spacial score (nSPS) is 19.1. The maximum Gasteiger partial charge on any atom is 0.238 e. The van der Waals surface area contributed by atoms with Gasteiger partial charge < -0.3 is 14.8 Å². The molecule has 7 nitrogen and oxygen atoms in total. The summed E-state index contributed by atoms with van der Waals surface area (Å²) in [6.07, 6.45) is 5.52. The Morgan fingerprint density at radius 2 is 1.96 bits per heavy atom. The van der Waals surface area contributed by atoms with Crippen molar-refractivity contribution in [3.8, 4) is 11.3 Å². The lowest BCUT2D eigenvalue weighted by Gasteiger charge is -2.31. The van der Waals surface area contributed by atoms with Gasteiger partial charge in [0.05, 0.1) is 10.6 Å². The highest BCUT2D eigenvalue weighted by Crippen LogP contribution is 2.29. The molecule has 0 saturated carbocycles. The molecule has 2 aliphatic heterocycles. The van der Waals surface area contributed by atoms with Gasteiger partial charge >= 0.3 is 0 Å². The molecule has 2 aliphatic rings. The number of nitrogens with zero attached hydrogens (tertiary/aromatic N) is 3. The molecular formula is C19H27N5O2S. The molecule has 3 heterocycles. The van der Waals surface area contributed by atoms with E-state index in [9.17, 15) is 8.42 Å². The highest BCUT2D eigenvalue weighted by molar-refractivity contribution is 7.89. The Morgan fingerprint density at radius 3 is 2.63 bits per heavy atom. The molecule has 0 bridgehead atoms. The van der Waals surface area contributed by atoms with Crippen molar-refractivity contribution in [3.05, 3.63) is 36.3 Å². The van der Waals surface area contributed by atoms with Gasteiger partial charge in [0.2, 0.25) is 10.0 Å². The lowest BCUT2D eigenvalue weighted by molar-refractivity contribution is 0.173. The fourth-order valence-corrected chi connectivity index (χ4v) is 4.40. The Kier molecular flexibility index (Phi) is 5.32. The zero-order chi connectivity index (χ0) is 18.9. The molecule has 0 unspecified atom stereocenters. The third-order valence-electron chi connectivity index (χ3n) is 5.58. The number of nitrogens with two attached hydrogens (primary N) is 1. The van der Waals surface area contributed by atoms with Crippen LogP contribution in [0.1, 0.15) is 31.0 Å². The van der Waals surface area contributed by atoms with Crippen molar-refractivity contribution in [1.82, 2.24) is 19.8 Å². The Bertz CT molecular complexity index is 899. The Morgan fingerprint density at radius 1 is 1.19 bits per heavy atom. The number of hydrogen-bond donors (Lipinski definition) is 2. The van der Waals surface area contributed by atoms with Gasteiger partial charge in [-0.25, -0.2) is 18.5 Å². The Balaban J connectivity index is 1.65. The van der Waals surface area contributed by atoms with Crippen molar-refractivity contribution in [3.63, 3.8) is 0 Å². The van der Waals surface area contributed by atoms with Crippen molar-refractivity contribution in [2.24, 2.45) is 5.14 Å². The molecule has 146 valence electrons. The summed E-state index contributed by atoms with van der Waals surface area (Å²) >= 11 is 0. The van der Waals surface area contributed by atoms with Crippen molar-refractivity contribution in [2.45, 2.75) is 36.6 Å². The molecule has 1 aromatic heterocycles. The second-order valence-electron chi connectivity index (χ2n) is 7.47. The van der Waals surface area contributed by atoms with Crippen LogP contribution in [0.3, 0.4) is 0 Å². The van der Waals surface area contributed by atoms with Crippen molar-refractivity contribution >= 4 is 10.0 Å². The molecule has 3 N–H and O–H groups in total. The number of aromatic nitrogens is 2. The summed E-state index contributed by atoms with van der Waals surface area (Å²) < 4.78 is 25.7. The van der Waals surface area contributed by atoms with E-state index in [1.54, 1.807) is 12.1 Å². The van der Waals surface area contributed by atoms with Crippen LogP contribution in [-0.2, 0) is 16.6 Å². The smallest absolute Gasteiger partial charge is 0.238 e. The summed E-state index contributed by atoms with van der Waals surface area (Å²) in [6.45, 7) is 6.34. The van der Waals surface area contributed by atoms with E-state index in [1.807, 2.05) is 6.07 Å². The number of sulfonamides is 1. The largest absolute Gasteiger partial charge is 0.333 e. The lowest BCUT2D eigenvalue weighted by Crippen LogP contribution is -2.39. The van der Waals surface area contributed by atoms with E-state index in [-0.39, 0.29) is 4.90 Å². The topological polar surface area (TPSA) is 93.2 Å². The van der Waals surface area contributed by atoms with Gasteiger partial charge in [0.1, 0.15) is 5.82 Å². The molecule has 2 saturated heterocycles. The molecule has 0 amide bonds. The molecule has 8 heteroatoms. The van der Waals surface area contributed by atoms with E-state index in [1.165, 1.54) is 25.6 Å². The van der Waals surface area contributed by atoms with Gasteiger partial charge in [-0.2, -0.15) is 0 Å². The summed E-state index contributed by atoms with van der Waals surface area (Å²) in [6, 6.07) is 6.75. The number of primary sulfonamides is 1. The number of imidazole rings is 1. The maximum absolute atomic E-state index is 11.7. The predicted molar refractivity (Wildman–Crippen MR) is 105 cm³/mol. The predicted octanol–water partition coefficient (Wildman–Crippen LogP) is 1.37. The van der Waals surface area contributed by atoms with Gasteiger partial charge in [0.25, 0.3) is 0 Å². The third-order valence-corrected chi connectivity index (χ3v) is 6.49. The Hall–Kier alpha value is -1.74. The van der Waals surface area contributed by atoms with Gasteiger partial charge in [0.15, 0.2) is 0 Å². The van der Waals surface area contributed by atoms with Gasteiger partial charge in [0, 0.05) is 30.8 Å². The van der Waals surface area contributed by atoms with E-state index in [0.717, 1.165) is 56.1 Å². The first-order valence-corrected chi connectivity index (χ1v) is 11.2. The molecule has 2 fully saturated rings. The monoisotopic (exact) mass is 389 g/mol. The van der Waals surface area contributed by atoms with Crippen LogP contribution in [0.2, 0.25) is 0 Å². The zero-order valence-electron chi connectivity index (χ0n) is 15.5. The highest BCUT2D eigenvalue weighted by atomic mass is 32.2. The minimum absolute atomic E-state index is 0.124. The first-order chi connectivity index (χ1) is 13.0.